The van der Waals surface area contributed by atoms with Crippen LogP contribution in [-0.2, 0) is 16.0 Å². The molecule has 0 radical (unpaired) electrons. The van der Waals surface area contributed by atoms with Gasteiger partial charge in [-0.2, -0.15) is 0 Å². The van der Waals surface area contributed by atoms with Gasteiger partial charge in [0, 0.05) is 34.4 Å². The maximum absolute atomic E-state index is 12.5. The molecule has 2 N–H and O–H groups in total. The second-order valence-corrected chi connectivity index (χ2v) is 11.7. The number of aliphatic imine (C=N–C) groups is 1. The zero-order valence-corrected chi connectivity index (χ0v) is 24.3. The van der Waals surface area contributed by atoms with Crippen molar-refractivity contribution in [3.63, 3.8) is 0 Å². The molecule has 0 saturated heterocycles. The van der Waals surface area contributed by atoms with Crippen LogP contribution in [0.5, 0.6) is 0 Å². The monoisotopic (exact) mass is 573 g/mol. The molecule has 0 spiro atoms. The first kappa shape index (κ1) is 30.6. The van der Waals surface area contributed by atoms with E-state index in [9.17, 15) is 14.4 Å². The summed E-state index contributed by atoms with van der Waals surface area (Å²) < 4.78 is 0. The zero-order valence-electron chi connectivity index (χ0n) is 22.8. The van der Waals surface area contributed by atoms with Crippen LogP contribution in [0.25, 0.3) is 0 Å². The van der Waals surface area contributed by atoms with Gasteiger partial charge >= 0.3 is 5.97 Å². The Hall–Kier alpha value is -2.90. The third-order valence-electron chi connectivity index (χ3n) is 7.42. The summed E-state index contributed by atoms with van der Waals surface area (Å²) in [7, 11) is 0. The Kier molecular flexibility index (Phi) is 10.6. The van der Waals surface area contributed by atoms with Crippen LogP contribution in [0, 0.1) is 5.41 Å². The molecule has 1 saturated carbocycles. The summed E-state index contributed by atoms with van der Waals surface area (Å²) >= 11 is 12.6. The number of rotatable bonds is 12. The third-order valence-corrected chi connectivity index (χ3v) is 7.86. The third kappa shape index (κ3) is 8.54. The molecule has 7 nitrogen and oxygen atoms in total. The number of benzene rings is 2. The van der Waals surface area contributed by atoms with Crippen molar-refractivity contribution in [1.82, 2.24) is 10.2 Å². The highest BCUT2D eigenvalue weighted by Gasteiger charge is 2.42. The van der Waals surface area contributed by atoms with Crippen LogP contribution in [0.1, 0.15) is 80.8 Å². The van der Waals surface area contributed by atoms with Crippen LogP contribution in [0.2, 0.25) is 10.0 Å². The van der Waals surface area contributed by atoms with Crippen molar-refractivity contribution < 1.29 is 19.5 Å². The van der Waals surface area contributed by atoms with Crippen molar-refractivity contribution in [2.24, 2.45) is 10.4 Å². The lowest BCUT2D eigenvalue weighted by molar-refractivity contribution is -0.136. The summed E-state index contributed by atoms with van der Waals surface area (Å²) in [6.07, 6.45) is 5.45. The minimum Gasteiger partial charge on any atom is -0.481 e. The highest BCUT2D eigenvalue weighted by Crippen LogP contribution is 2.44. The minimum absolute atomic E-state index is 0.0742. The van der Waals surface area contributed by atoms with Crippen LogP contribution in [0.4, 0.5) is 0 Å². The first-order valence-corrected chi connectivity index (χ1v) is 14.1. The van der Waals surface area contributed by atoms with Crippen molar-refractivity contribution in [2.45, 2.75) is 71.4 Å². The smallest absolute Gasteiger partial charge is 0.305 e. The Morgan fingerprint density at radius 3 is 2.18 bits per heavy atom. The molecule has 0 bridgehead atoms. The van der Waals surface area contributed by atoms with E-state index >= 15 is 0 Å². The van der Waals surface area contributed by atoms with E-state index < -0.39 is 11.6 Å². The Morgan fingerprint density at radius 1 is 1.03 bits per heavy atom. The summed E-state index contributed by atoms with van der Waals surface area (Å²) in [5, 5.41) is 12.4. The standard InChI is InChI=1S/C30H37Cl2N3O4/c1-4-26(23-17-24(31)19-25(32)18-23)34-30(13-11-29(2,3)12-14-30)35(20-36)16-10-21-5-7-22(8-6-21)28(39)33-15-9-27(37)38/h5-8,17-20H,4,9-16H2,1-3H3,(H,33,39)(H,37,38)/b34-26+. The van der Waals surface area contributed by atoms with Crippen LogP contribution in [-0.4, -0.2) is 52.8 Å². The van der Waals surface area contributed by atoms with Crippen LogP contribution >= 0.6 is 23.2 Å². The molecule has 39 heavy (non-hydrogen) atoms. The highest BCUT2D eigenvalue weighted by atomic mass is 35.5. The van der Waals surface area contributed by atoms with Gasteiger partial charge in [-0.05, 0) is 85.4 Å². The highest BCUT2D eigenvalue weighted by molar-refractivity contribution is 6.35. The Morgan fingerprint density at radius 2 is 1.64 bits per heavy atom. The first-order chi connectivity index (χ1) is 18.5. The fourth-order valence-electron chi connectivity index (χ4n) is 4.93. The average molecular weight is 575 g/mol. The number of carboxylic acid groups (broad SMARTS) is 1. The second-order valence-electron chi connectivity index (χ2n) is 10.9. The quantitative estimate of drug-likeness (QED) is 0.227. The topological polar surface area (TPSA) is 99.1 Å². The van der Waals surface area contributed by atoms with Crippen molar-refractivity contribution in [2.75, 3.05) is 13.1 Å². The van der Waals surface area contributed by atoms with Crippen LogP contribution < -0.4 is 5.32 Å². The largest absolute Gasteiger partial charge is 0.481 e. The van der Waals surface area contributed by atoms with E-state index in [0.29, 0.717) is 35.0 Å². The fourth-order valence-corrected chi connectivity index (χ4v) is 5.45. The van der Waals surface area contributed by atoms with E-state index in [-0.39, 0.29) is 24.3 Å². The summed E-state index contributed by atoms with van der Waals surface area (Å²) in [5.41, 5.74) is 2.68. The molecule has 2 amide bonds. The number of hydrogen-bond acceptors (Lipinski definition) is 4. The number of nitrogens with zero attached hydrogens (tertiary/aromatic N) is 2. The lowest BCUT2D eigenvalue weighted by Gasteiger charge is -2.46. The Balaban J connectivity index is 1.81. The molecule has 1 aliphatic rings. The molecule has 0 aliphatic heterocycles. The van der Waals surface area contributed by atoms with E-state index in [1.165, 1.54) is 0 Å². The molecule has 3 rings (SSSR count). The summed E-state index contributed by atoms with van der Waals surface area (Å²) in [6.45, 7) is 7.10. The van der Waals surface area contributed by atoms with Gasteiger partial charge in [0.15, 0.2) is 0 Å². The molecular formula is C30H37Cl2N3O4. The second kappa shape index (κ2) is 13.4. The van der Waals surface area contributed by atoms with E-state index in [2.05, 4.69) is 19.2 Å². The molecule has 9 heteroatoms. The van der Waals surface area contributed by atoms with Gasteiger partial charge in [0.25, 0.3) is 5.91 Å². The van der Waals surface area contributed by atoms with E-state index in [4.69, 9.17) is 33.3 Å². The number of carbonyl (C=O) groups excluding carboxylic acids is 2. The maximum atomic E-state index is 12.5. The van der Waals surface area contributed by atoms with E-state index in [0.717, 1.165) is 48.9 Å². The number of carboxylic acids is 1. The number of halogens is 2. The number of amides is 2. The van der Waals surface area contributed by atoms with Gasteiger partial charge < -0.3 is 15.3 Å². The number of aliphatic carboxylic acids is 1. The summed E-state index contributed by atoms with van der Waals surface area (Å²) in [4.78, 5) is 42.5. The van der Waals surface area contributed by atoms with Gasteiger partial charge in [-0.3, -0.25) is 19.4 Å². The van der Waals surface area contributed by atoms with Crippen LogP contribution in [0.3, 0.4) is 0 Å². The lowest BCUT2D eigenvalue weighted by Crippen LogP contribution is -2.51. The van der Waals surface area contributed by atoms with Crippen molar-refractivity contribution in [3.8, 4) is 0 Å². The summed E-state index contributed by atoms with van der Waals surface area (Å²) in [5.74, 6) is -1.28. The van der Waals surface area contributed by atoms with Gasteiger partial charge in [-0.25, -0.2) is 0 Å². The molecule has 0 heterocycles. The molecule has 0 aromatic heterocycles. The van der Waals surface area contributed by atoms with E-state index in [1.807, 2.05) is 36.1 Å². The van der Waals surface area contributed by atoms with E-state index in [1.54, 1.807) is 18.2 Å². The minimum atomic E-state index is -0.962. The van der Waals surface area contributed by atoms with Crippen molar-refractivity contribution in [1.29, 1.82) is 0 Å². The van der Waals surface area contributed by atoms with Gasteiger partial charge in [-0.1, -0.05) is 56.1 Å². The molecule has 2 aromatic carbocycles. The molecular weight excluding hydrogens is 537 g/mol. The Labute approximate surface area is 240 Å². The maximum Gasteiger partial charge on any atom is 0.305 e. The predicted molar refractivity (Wildman–Crippen MR) is 156 cm³/mol. The zero-order chi connectivity index (χ0) is 28.6. The predicted octanol–water partition coefficient (Wildman–Crippen LogP) is 6.39. The number of carbonyl (C=O) groups is 3. The number of nitrogens with one attached hydrogen (secondary N) is 1. The SMILES string of the molecule is CC/C(=N\C1(N(C=O)CCc2ccc(C(=O)NCCC(=O)O)cc2)CCC(C)(C)CC1)c1cc(Cl)cc(Cl)c1. The molecule has 1 fully saturated rings. The summed E-state index contributed by atoms with van der Waals surface area (Å²) in [6, 6.07) is 12.6. The molecule has 0 unspecified atom stereocenters. The average Bonchev–Trinajstić information content (AvgIpc) is 2.88. The molecule has 2 aromatic rings. The lowest BCUT2D eigenvalue weighted by atomic mass is 9.72. The molecule has 210 valence electrons. The fraction of sp³-hybridized carbons (Fsp3) is 0.467. The molecule has 1 aliphatic carbocycles. The number of hydrogen-bond donors (Lipinski definition) is 2. The van der Waals surface area contributed by atoms with Crippen LogP contribution in [0.15, 0.2) is 47.5 Å². The van der Waals surface area contributed by atoms with Crippen molar-refractivity contribution >= 4 is 47.2 Å². The van der Waals surface area contributed by atoms with Gasteiger partial charge in [-0.15, -0.1) is 0 Å². The normalized spacial score (nSPS) is 16.4. The molecule has 0 atom stereocenters. The van der Waals surface area contributed by atoms with Gasteiger partial charge in [0.2, 0.25) is 6.41 Å². The van der Waals surface area contributed by atoms with Crippen molar-refractivity contribution in [3.05, 3.63) is 69.2 Å². The Bertz CT molecular complexity index is 1180. The van der Waals surface area contributed by atoms with Gasteiger partial charge in [0.1, 0.15) is 5.66 Å². The first-order valence-electron chi connectivity index (χ1n) is 13.3. The van der Waals surface area contributed by atoms with Gasteiger partial charge in [0.05, 0.1) is 6.42 Å².